The average molecular weight is 246 g/mol. The van der Waals surface area contributed by atoms with Gasteiger partial charge < -0.3 is 15.8 Å². The van der Waals surface area contributed by atoms with Crippen molar-refractivity contribution in [2.24, 2.45) is 5.73 Å². The van der Waals surface area contributed by atoms with Gasteiger partial charge in [-0.3, -0.25) is 4.40 Å². The molecule has 0 saturated heterocycles. The molecule has 3 rings (SSSR count). The maximum Gasteiger partial charge on any atom is 0.138 e. The summed E-state index contributed by atoms with van der Waals surface area (Å²) < 4.78 is 7.68. The van der Waals surface area contributed by atoms with Crippen LogP contribution in [0.4, 0.5) is 5.82 Å². The largest absolute Gasteiger partial charge is 0.376 e. The molecule has 0 aromatic carbocycles. The van der Waals surface area contributed by atoms with Crippen molar-refractivity contribution < 1.29 is 4.74 Å². The summed E-state index contributed by atoms with van der Waals surface area (Å²) >= 11 is 0. The Hall–Kier alpha value is -1.59. The quantitative estimate of drug-likeness (QED) is 0.852. The SMILES string of the molecule is CCOC1CC(N)C1Nc1cccc2nccn12. The van der Waals surface area contributed by atoms with Crippen LogP contribution in [0.1, 0.15) is 13.3 Å². The molecule has 5 nitrogen and oxygen atoms in total. The third-order valence-corrected chi connectivity index (χ3v) is 3.49. The molecule has 1 fully saturated rings. The zero-order valence-corrected chi connectivity index (χ0v) is 10.4. The topological polar surface area (TPSA) is 64.6 Å². The van der Waals surface area contributed by atoms with E-state index in [0.29, 0.717) is 0 Å². The number of pyridine rings is 1. The van der Waals surface area contributed by atoms with E-state index >= 15 is 0 Å². The molecule has 2 aromatic heterocycles. The normalized spacial score (nSPS) is 27.1. The lowest BCUT2D eigenvalue weighted by atomic mass is 9.83. The number of aromatic nitrogens is 2. The highest BCUT2D eigenvalue weighted by molar-refractivity contribution is 5.51. The van der Waals surface area contributed by atoms with Crippen LogP contribution >= 0.6 is 0 Å². The fraction of sp³-hybridized carbons (Fsp3) is 0.462. The molecule has 0 bridgehead atoms. The first-order valence-electron chi connectivity index (χ1n) is 6.35. The van der Waals surface area contributed by atoms with Crippen LogP contribution in [0.3, 0.4) is 0 Å². The maximum absolute atomic E-state index is 6.04. The van der Waals surface area contributed by atoms with Crippen LogP contribution in [0.25, 0.3) is 5.65 Å². The van der Waals surface area contributed by atoms with Gasteiger partial charge in [0.1, 0.15) is 11.5 Å². The summed E-state index contributed by atoms with van der Waals surface area (Å²) in [6.45, 7) is 2.74. The molecule has 2 aromatic rings. The van der Waals surface area contributed by atoms with Gasteiger partial charge in [-0.1, -0.05) is 6.07 Å². The van der Waals surface area contributed by atoms with Crippen molar-refractivity contribution in [2.75, 3.05) is 11.9 Å². The van der Waals surface area contributed by atoms with Crippen LogP contribution in [-0.2, 0) is 4.74 Å². The Labute approximate surface area is 106 Å². The summed E-state index contributed by atoms with van der Waals surface area (Å²) in [6, 6.07) is 6.33. The monoisotopic (exact) mass is 246 g/mol. The van der Waals surface area contributed by atoms with Gasteiger partial charge in [0.15, 0.2) is 0 Å². The highest BCUT2D eigenvalue weighted by Gasteiger charge is 2.39. The van der Waals surface area contributed by atoms with Crippen molar-refractivity contribution in [2.45, 2.75) is 31.5 Å². The molecule has 3 atom stereocenters. The Morgan fingerprint density at radius 1 is 1.56 bits per heavy atom. The highest BCUT2D eigenvalue weighted by atomic mass is 16.5. The molecule has 1 saturated carbocycles. The Kier molecular flexibility index (Phi) is 2.93. The van der Waals surface area contributed by atoms with Gasteiger partial charge >= 0.3 is 0 Å². The van der Waals surface area contributed by atoms with E-state index in [-0.39, 0.29) is 18.2 Å². The predicted molar refractivity (Wildman–Crippen MR) is 70.6 cm³/mol. The minimum absolute atomic E-state index is 0.153. The van der Waals surface area contributed by atoms with Gasteiger partial charge in [0.2, 0.25) is 0 Å². The zero-order valence-electron chi connectivity index (χ0n) is 10.4. The summed E-state index contributed by atoms with van der Waals surface area (Å²) in [5.74, 6) is 1.01. The van der Waals surface area contributed by atoms with Gasteiger partial charge in [-0.2, -0.15) is 0 Å². The number of rotatable bonds is 4. The molecule has 0 amide bonds. The van der Waals surface area contributed by atoms with Crippen molar-refractivity contribution >= 4 is 11.5 Å². The number of anilines is 1. The van der Waals surface area contributed by atoms with Gasteiger partial charge in [-0.05, 0) is 25.5 Å². The third-order valence-electron chi connectivity index (χ3n) is 3.49. The van der Waals surface area contributed by atoms with Gasteiger partial charge in [0.05, 0.1) is 12.1 Å². The van der Waals surface area contributed by atoms with Crippen molar-refractivity contribution in [1.82, 2.24) is 9.38 Å². The Morgan fingerprint density at radius 3 is 3.22 bits per heavy atom. The van der Waals surface area contributed by atoms with Crippen molar-refractivity contribution in [3.63, 3.8) is 0 Å². The molecule has 3 N–H and O–H groups in total. The molecule has 96 valence electrons. The number of nitrogens with one attached hydrogen (secondary N) is 1. The second-order valence-corrected chi connectivity index (χ2v) is 4.63. The number of fused-ring (bicyclic) bond motifs is 1. The van der Waals surface area contributed by atoms with Gasteiger partial charge in [0.25, 0.3) is 0 Å². The van der Waals surface area contributed by atoms with Gasteiger partial charge in [-0.25, -0.2) is 4.98 Å². The first kappa shape index (κ1) is 11.5. The highest BCUT2D eigenvalue weighted by Crippen LogP contribution is 2.26. The fourth-order valence-electron chi connectivity index (χ4n) is 2.46. The number of nitrogens with two attached hydrogens (primary N) is 1. The minimum Gasteiger partial charge on any atom is -0.376 e. The standard InChI is InChI=1S/C13H18N4O/c1-2-18-10-8-9(14)13(10)16-12-5-3-4-11-15-6-7-17(11)12/h3-7,9-10,13,16H,2,8,14H2,1H3. The van der Waals surface area contributed by atoms with E-state index in [1.807, 2.05) is 35.7 Å². The Balaban J connectivity index is 1.81. The Morgan fingerprint density at radius 2 is 2.44 bits per heavy atom. The van der Waals surface area contributed by atoms with Crippen LogP contribution in [-0.4, -0.2) is 34.2 Å². The maximum atomic E-state index is 6.04. The second kappa shape index (κ2) is 4.59. The van der Waals surface area contributed by atoms with Crippen LogP contribution in [0.2, 0.25) is 0 Å². The number of hydrogen-bond donors (Lipinski definition) is 2. The Bertz CT molecular complexity index is 537. The van der Waals surface area contributed by atoms with E-state index in [2.05, 4.69) is 10.3 Å². The van der Waals surface area contributed by atoms with E-state index in [9.17, 15) is 0 Å². The number of nitrogens with zero attached hydrogens (tertiary/aromatic N) is 2. The summed E-state index contributed by atoms with van der Waals surface area (Å²) in [7, 11) is 0. The third kappa shape index (κ3) is 1.85. The molecule has 1 aliphatic carbocycles. The molecule has 0 spiro atoms. The van der Waals surface area contributed by atoms with Crippen LogP contribution < -0.4 is 11.1 Å². The van der Waals surface area contributed by atoms with E-state index < -0.39 is 0 Å². The first-order valence-corrected chi connectivity index (χ1v) is 6.35. The zero-order chi connectivity index (χ0) is 12.5. The predicted octanol–water partition coefficient (Wildman–Crippen LogP) is 1.25. The number of ether oxygens (including phenoxy) is 1. The number of imidazole rings is 1. The molecule has 1 aliphatic rings. The van der Waals surface area contributed by atoms with Crippen molar-refractivity contribution in [1.29, 1.82) is 0 Å². The first-order chi connectivity index (χ1) is 8.79. The average Bonchev–Trinajstić information content (AvgIpc) is 2.84. The summed E-state index contributed by atoms with van der Waals surface area (Å²) in [4.78, 5) is 4.27. The lowest BCUT2D eigenvalue weighted by molar-refractivity contribution is -0.0127. The van der Waals surface area contributed by atoms with E-state index in [4.69, 9.17) is 10.5 Å². The molecule has 0 aliphatic heterocycles. The molecule has 3 unspecified atom stereocenters. The minimum atomic E-state index is 0.153. The van der Waals surface area contributed by atoms with Gasteiger partial charge in [0, 0.05) is 25.0 Å². The lowest BCUT2D eigenvalue weighted by Gasteiger charge is -2.43. The molecular weight excluding hydrogens is 228 g/mol. The molecule has 18 heavy (non-hydrogen) atoms. The molecular formula is C13H18N4O. The summed E-state index contributed by atoms with van der Waals surface area (Å²) in [6.07, 6.45) is 4.87. The van der Waals surface area contributed by atoms with Crippen LogP contribution in [0, 0.1) is 0 Å². The van der Waals surface area contributed by atoms with E-state index in [0.717, 1.165) is 24.5 Å². The van der Waals surface area contributed by atoms with Crippen molar-refractivity contribution in [3.8, 4) is 0 Å². The van der Waals surface area contributed by atoms with Crippen LogP contribution in [0.15, 0.2) is 30.6 Å². The fourth-order valence-corrected chi connectivity index (χ4v) is 2.46. The molecule has 2 heterocycles. The van der Waals surface area contributed by atoms with Crippen LogP contribution in [0.5, 0.6) is 0 Å². The summed E-state index contributed by atoms with van der Waals surface area (Å²) in [5.41, 5.74) is 6.97. The molecule has 0 radical (unpaired) electrons. The second-order valence-electron chi connectivity index (χ2n) is 4.63. The van der Waals surface area contributed by atoms with E-state index in [1.165, 1.54) is 0 Å². The smallest absolute Gasteiger partial charge is 0.138 e. The summed E-state index contributed by atoms with van der Waals surface area (Å²) in [5, 5.41) is 3.47. The van der Waals surface area contributed by atoms with E-state index in [1.54, 1.807) is 6.20 Å². The van der Waals surface area contributed by atoms with Crippen molar-refractivity contribution in [3.05, 3.63) is 30.6 Å². The van der Waals surface area contributed by atoms with Gasteiger partial charge in [-0.15, -0.1) is 0 Å². The molecule has 5 heteroatoms. The number of hydrogen-bond acceptors (Lipinski definition) is 4. The lowest BCUT2D eigenvalue weighted by Crippen LogP contribution is -2.60.